The van der Waals surface area contributed by atoms with Gasteiger partial charge in [-0.25, -0.2) is 4.98 Å². The number of pyridine rings is 1. The molecule has 2 aliphatic heterocycles. The fourth-order valence-electron chi connectivity index (χ4n) is 3.95. The molecular weight excluding hydrogens is 397 g/mol. The number of alkyl halides is 3. The van der Waals surface area contributed by atoms with E-state index in [2.05, 4.69) is 15.6 Å². The Bertz CT molecular complexity index is 991. The van der Waals surface area contributed by atoms with Gasteiger partial charge >= 0.3 is 6.18 Å². The van der Waals surface area contributed by atoms with Crippen molar-refractivity contribution in [3.05, 3.63) is 46.6 Å². The third kappa shape index (κ3) is 3.69. The van der Waals surface area contributed by atoms with Crippen LogP contribution in [-0.4, -0.2) is 41.5 Å². The second-order valence-corrected chi connectivity index (χ2v) is 7.86. The number of anilines is 2. The minimum Gasteiger partial charge on any atom is -0.473 e. The largest absolute Gasteiger partial charge is 0.473 e. The van der Waals surface area contributed by atoms with E-state index < -0.39 is 23.7 Å². The summed E-state index contributed by atoms with van der Waals surface area (Å²) in [6.45, 7) is 6.90. The first-order valence-electron chi connectivity index (χ1n) is 9.82. The van der Waals surface area contributed by atoms with Crippen molar-refractivity contribution < 1.29 is 22.7 Å². The average molecular weight is 420 g/mol. The molecule has 0 aliphatic carbocycles. The van der Waals surface area contributed by atoms with Crippen LogP contribution in [-0.2, 0) is 6.18 Å². The Kier molecular flexibility index (Phi) is 5.09. The molecule has 0 unspecified atom stereocenters. The van der Waals surface area contributed by atoms with Crippen molar-refractivity contribution in [1.29, 1.82) is 0 Å². The monoisotopic (exact) mass is 420 g/mol. The molecule has 0 bridgehead atoms. The standard InChI is InChI=1S/C21H23F3N4O2/c1-11(2)30-19-16(6-12(3)9-26-19)27-13-7-14-17-10-25-4-5-28(17)20(29)18(14)15(8-13)21(22,23)24/h6-9,11,17,25,27H,4-5,10H2,1-3H3/t17-/m0/s1. The fraction of sp³-hybridized carbons (Fsp3) is 0.429. The van der Waals surface area contributed by atoms with Gasteiger partial charge in [0.05, 0.1) is 23.3 Å². The number of amides is 1. The lowest BCUT2D eigenvalue weighted by Gasteiger charge is -2.30. The summed E-state index contributed by atoms with van der Waals surface area (Å²) >= 11 is 0. The SMILES string of the molecule is Cc1cnc(OC(C)C)c(Nc2cc3c(c(C(F)(F)F)c2)C(=O)N2CCNC[C@@H]32)c1. The molecule has 1 fully saturated rings. The molecule has 2 aromatic rings. The maximum atomic E-state index is 13.9. The summed E-state index contributed by atoms with van der Waals surface area (Å²) in [4.78, 5) is 18.5. The zero-order chi connectivity index (χ0) is 21.6. The number of benzene rings is 1. The lowest BCUT2D eigenvalue weighted by Crippen LogP contribution is -2.44. The van der Waals surface area contributed by atoms with Gasteiger partial charge < -0.3 is 20.3 Å². The molecule has 6 nitrogen and oxygen atoms in total. The molecule has 1 amide bonds. The molecule has 1 aromatic heterocycles. The molecule has 1 atom stereocenters. The third-order valence-electron chi connectivity index (χ3n) is 5.17. The van der Waals surface area contributed by atoms with Crippen LogP contribution in [0.15, 0.2) is 24.4 Å². The normalized spacial score (nSPS) is 18.4. The van der Waals surface area contributed by atoms with Crippen LogP contribution in [0.5, 0.6) is 5.88 Å². The molecule has 9 heteroatoms. The van der Waals surface area contributed by atoms with Crippen LogP contribution in [0, 0.1) is 6.92 Å². The first-order valence-corrected chi connectivity index (χ1v) is 9.82. The van der Waals surface area contributed by atoms with Crippen molar-refractivity contribution in [3.8, 4) is 5.88 Å². The molecule has 1 aromatic carbocycles. The Labute approximate surface area is 172 Å². The lowest BCUT2D eigenvalue weighted by molar-refractivity contribution is -0.137. The maximum absolute atomic E-state index is 13.9. The lowest BCUT2D eigenvalue weighted by atomic mass is 9.97. The van der Waals surface area contributed by atoms with Gasteiger partial charge in [-0.3, -0.25) is 4.79 Å². The van der Waals surface area contributed by atoms with Crippen molar-refractivity contribution in [2.24, 2.45) is 0 Å². The molecule has 160 valence electrons. The number of hydrogen-bond donors (Lipinski definition) is 2. The van der Waals surface area contributed by atoms with Gasteiger partial charge in [-0.05, 0) is 50.1 Å². The van der Waals surface area contributed by atoms with Gasteiger partial charge in [-0.1, -0.05) is 0 Å². The minimum atomic E-state index is -4.65. The number of aryl methyl sites for hydroxylation is 1. The number of aromatic nitrogens is 1. The Morgan fingerprint density at radius 1 is 1.30 bits per heavy atom. The highest BCUT2D eigenvalue weighted by Crippen LogP contribution is 2.44. The molecule has 0 spiro atoms. The van der Waals surface area contributed by atoms with Gasteiger partial charge in [0.15, 0.2) is 0 Å². The first kappa shape index (κ1) is 20.5. The predicted octanol–water partition coefficient (Wildman–Crippen LogP) is 4.04. The molecule has 0 radical (unpaired) electrons. The Balaban J connectivity index is 1.80. The number of nitrogens with zero attached hydrogens (tertiary/aromatic N) is 2. The number of halogens is 3. The molecule has 0 saturated carbocycles. The number of piperazine rings is 1. The number of rotatable bonds is 4. The molecular formula is C21H23F3N4O2. The molecule has 2 aliphatic rings. The summed E-state index contributed by atoms with van der Waals surface area (Å²) in [6, 6.07) is 3.97. The summed E-state index contributed by atoms with van der Waals surface area (Å²) in [5.41, 5.74) is 0.763. The number of ether oxygens (including phenoxy) is 1. The Hall–Kier alpha value is -2.81. The highest BCUT2D eigenvalue weighted by atomic mass is 19.4. The van der Waals surface area contributed by atoms with Crippen molar-refractivity contribution >= 4 is 17.3 Å². The van der Waals surface area contributed by atoms with E-state index in [1.807, 2.05) is 20.8 Å². The van der Waals surface area contributed by atoms with Crippen molar-refractivity contribution in [2.75, 3.05) is 25.0 Å². The van der Waals surface area contributed by atoms with E-state index in [4.69, 9.17) is 4.74 Å². The van der Waals surface area contributed by atoms with E-state index in [-0.39, 0.29) is 17.4 Å². The van der Waals surface area contributed by atoms with E-state index >= 15 is 0 Å². The summed E-state index contributed by atoms with van der Waals surface area (Å²) in [6.07, 6.45) is -3.16. The third-order valence-corrected chi connectivity index (χ3v) is 5.17. The minimum absolute atomic E-state index is 0.147. The van der Waals surface area contributed by atoms with Gasteiger partial charge in [-0.15, -0.1) is 0 Å². The first-order chi connectivity index (χ1) is 14.1. The Morgan fingerprint density at radius 2 is 2.07 bits per heavy atom. The van der Waals surface area contributed by atoms with Gasteiger partial charge in [0.25, 0.3) is 5.91 Å². The highest BCUT2D eigenvalue weighted by molar-refractivity contribution is 6.01. The van der Waals surface area contributed by atoms with Crippen LogP contribution in [0.2, 0.25) is 0 Å². The van der Waals surface area contributed by atoms with E-state index in [0.29, 0.717) is 36.8 Å². The summed E-state index contributed by atoms with van der Waals surface area (Å²) < 4.78 is 47.3. The maximum Gasteiger partial charge on any atom is 0.417 e. The summed E-state index contributed by atoms with van der Waals surface area (Å²) in [5.74, 6) is -0.252. The quantitative estimate of drug-likeness (QED) is 0.782. The van der Waals surface area contributed by atoms with Crippen molar-refractivity contribution in [3.63, 3.8) is 0 Å². The summed E-state index contributed by atoms with van der Waals surface area (Å²) in [7, 11) is 0. The second-order valence-electron chi connectivity index (χ2n) is 7.86. The molecule has 2 N–H and O–H groups in total. The van der Waals surface area contributed by atoms with E-state index in [0.717, 1.165) is 11.6 Å². The fourth-order valence-corrected chi connectivity index (χ4v) is 3.95. The van der Waals surface area contributed by atoms with Crippen LogP contribution < -0.4 is 15.4 Å². The number of hydrogen-bond acceptors (Lipinski definition) is 5. The smallest absolute Gasteiger partial charge is 0.417 e. The average Bonchev–Trinajstić information content (AvgIpc) is 2.95. The van der Waals surface area contributed by atoms with Crippen molar-refractivity contribution in [1.82, 2.24) is 15.2 Å². The van der Waals surface area contributed by atoms with Crippen LogP contribution in [0.1, 0.15) is 46.9 Å². The Morgan fingerprint density at radius 3 is 2.77 bits per heavy atom. The zero-order valence-corrected chi connectivity index (χ0v) is 16.9. The highest BCUT2D eigenvalue weighted by Gasteiger charge is 2.45. The number of carbonyl (C=O) groups is 1. The van der Waals surface area contributed by atoms with Gasteiger partial charge in [-0.2, -0.15) is 13.2 Å². The van der Waals surface area contributed by atoms with Gasteiger partial charge in [0, 0.05) is 31.5 Å². The van der Waals surface area contributed by atoms with Gasteiger partial charge in [0.2, 0.25) is 5.88 Å². The zero-order valence-electron chi connectivity index (χ0n) is 16.9. The second kappa shape index (κ2) is 7.46. The van der Waals surface area contributed by atoms with Crippen molar-refractivity contribution in [2.45, 2.75) is 39.1 Å². The van der Waals surface area contributed by atoms with Crippen LogP contribution in [0.25, 0.3) is 0 Å². The van der Waals surface area contributed by atoms with E-state index in [9.17, 15) is 18.0 Å². The van der Waals surface area contributed by atoms with Crippen LogP contribution >= 0.6 is 0 Å². The molecule has 1 saturated heterocycles. The molecule has 30 heavy (non-hydrogen) atoms. The summed E-state index contributed by atoms with van der Waals surface area (Å²) in [5, 5.41) is 6.19. The van der Waals surface area contributed by atoms with Crippen LogP contribution in [0.4, 0.5) is 24.5 Å². The van der Waals surface area contributed by atoms with Gasteiger partial charge in [0.1, 0.15) is 5.69 Å². The topological polar surface area (TPSA) is 66.5 Å². The predicted molar refractivity (Wildman–Crippen MR) is 106 cm³/mol. The number of carbonyl (C=O) groups excluding carboxylic acids is 1. The van der Waals surface area contributed by atoms with Crippen LogP contribution in [0.3, 0.4) is 0 Å². The molecule has 3 heterocycles. The van der Waals surface area contributed by atoms with E-state index in [1.54, 1.807) is 18.3 Å². The number of fused-ring (bicyclic) bond motifs is 3. The number of nitrogens with one attached hydrogen (secondary N) is 2. The van der Waals surface area contributed by atoms with E-state index in [1.165, 1.54) is 4.90 Å². The molecule has 4 rings (SSSR count).